The van der Waals surface area contributed by atoms with Gasteiger partial charge in [-0.3, -0.25) is 4.79 Å². The van der Waals surface area contributed by atoms with E-state index in [2.05, 4.69) is 10.2 Å². The van der Waals surface area contributed by atoms with Crippen molar-refractivity contribution in [2.45, 2.75) is 0 Å². The van der Waals surface area contributed by atoms with Gasteiger partial charge in [-0.1, -0.05) is 23.2 Å². The Morgan fingerprint density at radius 1 is 1.41 bits per heavy atom. The summed E-state index contributed by atoms with van der Waals surface area (Å²) in [6, 6.07) is 4.77. The Morgan fingerprint density at radius 2 is 2.18 bits per heavy atom. The fourth-order valence-corrected chi connectivity index (χ4v) is 1.50. The van der Waals surface area contributed by atoms with Gasteiger partial charge in [-0.15, -0.1) is 0 Å². The molecule has 1 rings (SSSR count). The molecule has 0 aliphatic carbocycles. The molecule has 3 N–H and O–H groups in total. The first-order valence-corrected chi connectivity index (χ1v) is 5.55. The first-order chi connectivity index (χ1) is 8.13. The maximum Gasteiger partial charge on any atom is 0.258 e. The molecule has 94 valence electrons. The highest BCUT2D eigenvalue weighted by Gasteiger charge is 2.05. The predicted octanol–water partition coefficient (Wildman–Crippen LogP) is 1.38. The highest BCUT2D eigenvalue weighted by atomic mass is 35.5. The second-order valence-corrected chi connectivity index (χ2v) is 3.93. The summed E-state index contributed by atoms with van der Waals surface area (Å²) in [6.07, 6.45) is 0. The summed E-state index contributed by atoms with van der Waals surface area (Å²) in [5.41, 5.74) is 0. The molecule has 0 saturated heterocycles. The average Bonchev–Trinajstić information content (AvgIpc) is 2.28. The maximum absolute atomic E-state index is 11.3. The Balaban J connectivity index is 2.37. The fraction of sp³-hybridized carbons (Fsp3) is 0.300. The lowest BCUT2D eigenvalue weighted by molar-refractivity contribution is -0.123. The molecule has 5 nitrogen and oxygen atoms in total. The molecular weight excluding hydrogens is 267 g/mol. The van der Waals surface area contributed by atoms with Crippen LogP contribution in [0, 0.1) is 0 Å². The molecule has 0 spiro atoms. The molecule has 0 radical (unpaired) electrons. The maximum atomic E-state index is 11.3. The third-order valence-electron chi connectivity index (χ3n) is 1.79. The van der Waals surface area contributed by atoms with Crippen LogP contribution in [0.1, 0.15) is 0 Å². The number of rotatable bonds is 6. The van der Waals surface area contributed by atoms with Crippen molar-refractivity contribution in [3.8, 4) is 5.75 Å². The number of carbonyl (C=O) groups is 1. The number of amides is 1. The minimum Gasteiger partial charge on any atom is -0.482 e. The minimum atomic E-state index is -0.284. The minimum absolute atomic E-state index is 0.133. The number of carbonyl (C=O) groups excluding carboxylic acids is 1. The standard InChI is InChI=1S/C10H12Cl2N2O3/c11-7-1-2-9(8(12)5-7)16-6-10(15)14-3-4-17-13/h1-2,5H,3-4,6,13H2,(H,14,15). The van der Waals surface area contributed by atoms with E-state index >= 15 is 0 Å². The van der Waals surface area contributed by atoms with Crippen LogP contribution < -0.4 is 16.0 Å². The summed E-state index contributed by atoms with van der Waals surface area (Å²) in [6.45, 7) is 0.437. The molecule has 0 atom stereocenters. The molecule has 1 amide bonds. The van der Waals surface area contributed by atoms with Gasteiger partial charge in [-0.05, 0) is 18.2 Å². The molecule has 0 unspecified atom stereocenters. The highest BCUT2D eigenvalue weighted by molar-refractivity contribution is 6.35. The zero-order valence-electron chi connectivity index (χ0n) is 8.91. The summed E-state index contributed by atoms with van der Waals surface area (Å²) in [5.74, 6) is 4.92. The summed E-state index contributed by atoms with van der Waals surface area (Å²) in [5, 5.41) is 3.41. The van der Waals surface area contributed by atoms with Crippen LogP contribution in [0.3, 0.4) is 0 Å². The van der Waals surface area contributed by atoms with E-state index in [1.165, 1.54) is 0 Å². The van der Waals surface area contributed by atoms with E-state index in [4.69, 9.17) is 33.8 Å². The lowest BCUT2D eigenvalue weighted by atomic mass is 10.3. The van der Waals surface area contributed by atoms with Crippen molar-refractivity contribution < 1.29 is 14.4 Å². The number of halogens is 2. The van der Waals surface area contributed by atoms with Crippen LogP contribution in [-0.4, -0.2) is 25.7 Å². The van der Waals surface area contributed by atoms with Gasteiger partial charge in [0.1, 0.15) is 5.75 Å². The van der Waals surface area contributed by atoms with Gasteiger partial charge < -0.3 is 14.9 Å². The second kappa shape index (κ2) is 7.34. The molecule has 0 aliphatic heterocycles. The largest absolute Gasteiger partial charge is 0.482 e. The van der Waals surface area contributed by atoms with E-state index in [0.29, 0.717) is 22.3 Å². The van der Waals surface area contributed by atoms with Crippen LogP contribution in [0.25, 0.3) is 0 Å². The third-order valence-corrected chi connectivity index (χ3v) is 2.33. The van der Waals surface area contributed by atoms with E-state index in [1.54, 1.807) is 18.2 Å². The second-order valence-electron chi connectivity index (χ2n) is 3.08. The number of hydrogen-bond donors (Lipinski definition) is 2. The Morgan fingerprint density at radius 3 is 2.82 bits per heavy atom. The highest BCUT2D eigenvalue weighted by Crippen LogP contribution is 2.27. The Kier molecular flexibility index (Phi) is 6.07. The lowest BCUT2D eigenvalue weighted by Gasteiger charge is -2.08. The molecule has 0 aliphatic rings. The zero-order chi connectivity index (χ0) is 12.7. The Bertz CT molecular complexity index is 388. The van der Waals surface area contributed by atoms with E-state index in [1.807, 2.05) is 0 Å². The zero-order valence-corrected chi connectivity index (χ0v) is 10.4. The molecule has 0 fully saturated rings. The predicted molar refractivity (Wildman–Crippen MR) is 65.1 cm³/mol. The molecule has 1 aromatic carbocycles. The molecule has 1 aromatic rings. The Hall–Kier alpha value is -1.01. The van der Waals surface area contributed by atoms with Crippen LogP contribution in [0.5, 0.6) is 5.75 Å². The first kappa shape index (κ1) is 14.1. The van der Waals surface area contributed by atoms with E-state index in [9.17, 15) is 4.79 Å². The number of benzene rings is 1. The van der Waals surface area contributed by atoms with E-state index < -0.39 is 0 Å². The number of nitrogens with one attached hydrogen (secondary N) is 1. The summed E-state index contributed by atoms with van der Waals surface area (Å²) in [4.78, 5) is 15.6. The lowest BCUT2D eigenvalue weighted by Crippen LogP contribution is -2.32. The fourth-order valence-electron chi connectivity index (χ4n) is 1.04. The summed E-state index contributed by atoms with van der Waals surface area (Å²) >= 11 is 11.6. The van der Waals surface area contributed by atoms with Crippen LogP contribution >= 0.6 is 23.2 Å². The van der Waals surface area contributed by atoms with Crippen LogP contribution in [-0.2, 0) is 9.63 Å². The van der Waals surface area contributed by atoms with Crippen molar-refractivity contribution in [2.75, 3.05) is 19.8 Å². The molecule has 17 heavy (non-hydrogen) atoms. The number of hydrogen-bond acceptors (Lipinski definition) is 4. The molecule has 0 saturated carbocycles. The van der Waals surface area contributed by atoms with Gasteiger partial charge in [0.25, 0.3) is 5.91 Å². The molecule has 0 heterocycles. The summed E-state index contributed by atoms with van der Waals surface area (Å²) in [7, 11) is 0. The third kappa shape index (κ3) is 5.23. The van der Waals surface area contributed by atoms with Gasteiger partial charge in [0.2, 0.25) is 0 Å². The van der Waals surface area contributed by atoms with Gasteiger partial charge >= 0.3 is 0 Å². The quantitative estimate of drug-likeness (QED) is 0.609. The SMILES string of the molecule is NOCCNC(=O)COc1ccc(Cl)cc1Cl. The molecule has 7 heteroatoms. The van der Waals surface area contributed by atoms with Gasteiger partial charge in [-0.25, -0.2) is 5.90 Å². The van der Waals surface area contributed by atoms with Crippen LogP contribution in [0.15, 0.2) is 18.2 Å². The molecule has 0 aromatic heterocycles. The average molecular weight is 279 g/mol. The van der Waals surface area contributed by atoms with Gasteiger partial charge in [0, 0.05) is 11.6 Å². The van der Waals surface area contributed by atoms with Crippen molar-refractivity contribution in [2.24, 2.45) is 5.90 Å². The number of nitrogens with two attached hydrogens (primary N) is 1. The van der Waals surface area contributed by atoms with E-state index in [0.717, 1.165) is 0 Å². The molecule has 0 bridgehead atoms. The van der Waals surface area contributed by atoms with Gasteiger partial charge in [-0.2, -0.15) is 0 Å². The van der Waals surface area contributed by atoms with Gasteiger partial charge in [0.15, 0.2) is 6.61 Å². The van der Waals surface area contributed by atoms with Gasteiger partial charge in [0.05, 0.1) is 11.6 Å². The van der Waals surface area contributed by atoms with Crippen LogP contribution in [0.4, 0.5) is 0 Å². The van der Waals surface area contributed by atoms with Crippen LogP contribution in [0.2, 0.25) is 10.0 Å². The van der Waals surface area contributed by atoms with Crippen molar-refractivity contribution in [1.29, 1.82) is 0 Å². The van der Waals surface area contributed by atoms with E-state index in [-0.39, 0.29) is 19.1 Å². The Labute approximate surface area is 109 Å². The number of ether oxygens (including phenoxy) is 1. The van der Waals surface area contributed by atoms with Crippen molar-refractivity contribution in [3.05, 3.63) is 28.2 Å². The smallest absolute Gasteiger partial charge is 0.258 e. The normalized spacial score (nSPS) is 10.1. The van der Waals surface area contributed by atoms with Crippen molar-refractivity contribution >= 4 is 29.1 Å². The topological polar surface area (TPSA) is 73.6 Å². The van der Waals surface area contributed by atoms with Crippen molar-refractivity contribution in [3.63, 3.8) is 0 Å². The van der Waals surface area contributed by atoms with Crippen molar-refractivity contribution in [1.82, 2.24) is 5.32 Å². The monoisotopic (exact) mass is 278 g/mol. The first-order valence-electron chi connectivity index (χ1n) is 4.79. The summed E-state index contributed by atoms with van der Waals surface area (Å²) < 4.78 is 5.21. The molecular formula is C10H12Cl2N2O3.